The summed E-state index contributed by atoms with van der Waals surface area (Å²) in [6.07, 6.45) is 0. The number of nitrogens with one attached hydrogen (secondary N) is 2. The number of aromatic hydroxyl groups is 1. The summed E-state index contributed by atoms with van der Waals surface area (Å²) in [6, 6.07) is 6.30. The molecule has 0 radical (unpaired) electrons. The molecule has 5 nitrogen and oxygen atoms in total. The van der Waals surface area contributed by atoms with E-state index in [1.807, 2.05) is 0 Å². The number of hydrogen-bond acceptors (Lipinski definition) is 3. The van der Waals surface area contributed by atoms with Gasteiger partial charge in [0, 0.05) is 13.6 Å². The summed E-state index contributed by atoms with van der Waals surface area (Å²) in [5.41, 5.74) is 0.779. The van der Waals surface area contributed by atoms with E-state index < -0.39 is 10.2 Å². The predicted molar refractivity (Wildman–Crippen MR) is 52.9 cm³/mol. The van der Waals surface area contributed by atoms with Crippen LogP contribution < -0.4 is 9.44 Å². The molecular weight excluding hydrogens is 204 g/mol. The lowest BCUT2D eigenvalue weighted by atomic mass is 10.2. The van der Waals surface area contributed by atoms with Crippen molar-refractivity contribution in [2.75, 3.05) is 7.05 Å². The standard InChI is InChI=1S/C8H12N2O3S/c1-9-14(12,13)10-6-7-2-4-8(11)5-3-7/h2-5,9-11H,6H2,1H3. The maximum atomic E-state index is 11.0. The molecule has 0 aliphatic rings. The van der Waals surface area contributed by atoms with E-state index in [9.17, 15) is 8.42 Å². The van der Waals surface area contributed by atoms with Gasteiger partial charge in [-0.15, -0.1) is 0 Å². The van der Waals surface area contributed by atoms with Crippen LogP contribution in [0.15, 0.2) is 24.3 Å². The van der Waals surface area contributed by atoms with Gasteiger partial charge in [0.15, 0.2) is 0 Å². The van der Waals surface area contributed by atoms with Crippen molar-refractivity contribution in [3.05, 3.63) is 29.8 Å². The number of phenols is 1. The van der Waals surface area contributed by atoms with Crippen molar-refractivity contribution in [1.29, 1.82) is 0 Å². The van der Waals surface area contributed by atoms with Gasteiger partial charge in [-0.1, -0.05) is 12.1 Å². The Balaban J connectivity index is 2.59. The zero-order chi connectivity index (χ0) is 10.6. The average molecular weight is 216 g/mol. The fraction of sp³-hybridized carbons (Fsp3) is 0.250. The normalized spacial score (nSPS) is 11.5. The molecule has 0 amide bonds. The van der Waals surface area contributed by atoms with Crippen molar-refractivity contribution >= 4 is 10.2 Å². The molecule has 0 aliphatic carbocycles. The van der Waals surface area contributed by atoms with E-state index in [0.29, 0.717) is 0 Å². The van der Waals surface area contributed by atoms with Crippen LogP contribution >= 0.6 is 0 Å². The molecule has 6 heteroatoms. The Morgan fingerprint density at radius 2 is 1.86 bits per heavy atom. The van der Waals surface area contributed by atoms with E-state index in [2.05, 4.69) is 9.44 Å². The lowest BCUT2D eigenvalue weighted by Gasteiger charge is -2.04. The van der Waals surface area contributed by atoms with Gasteiger partial charge in [-0.25, -0.2) is 4.72 Å². The van der Waals surface area contributed by atoms with Crippen LogP contribution in [0.2, 0.25) is 0 Å². The molecule has 3 N–H and O–H groups in total. The van der Waals surface area contributed by atoms with Crippen molar-refractivity contribution in [3.8, 4) is 5.75 Å². The van der Waals surface area contributed by atoms with E-state index >= 15 is 0 Å². The third-order valence-electron chi connectivity index (χ3n) is 1.67. The lowest BCUT2D eigenvalue weighted by Crippen LogP contribution is -2.33. The monoisotopic (exact) mass is 216 g/mol. The molecule has 0 spiro atoms. The molecule has 0 aliphatic heterocycles. The van der Waals surface area contributed by atoms with Gasteiger partial charge >= 0.3 is 0 Å². The summed E-state index contributed by atoms with van der Waals surface area (Å²) < 4.78 is 26.4. The second kappa shape index (κ2) is 4.41. The van der Waals surface area contributed by atoms with Crippen LogP contribution in [-0.2, 0) is 16.8 Å². The summed E-state index contributed by atoms with van der Waals surface area (Å²) in [7, 11) is -2.06. The first-order chi connectivity index (χ1) is 6.53. The van der Waals surface area contributed by atoms with Gasteiger partial charge < -0.3 is 5.11 Å². The Morgan fingerprint density at radius 3 is 2.36 bits per heavy atom. The van der Waals surface area contributed by atoms with Crippen LogP contribution in [-0.4, -0.2) is 20.6 Å². The highest BCUT2D eigenvalue weighted by atomic mass is 32.2. The smallest absolute Gasteiger partial charge is 0.276 e. The number of phenolic OH excluding ortho intramolecular Hbond substituents is 1. The van der Waals surface area contributed by atoms with Gasteiger partial charge in [-0.05, 0) is 17.7 Å². The van der Waals surface area contributed by atoms with E-state index in [1.54, 1.807) is 12.1 Å². The van der Waals surface area contributed by atoms with Crippen molar-refractivity contribution in [1.82, 2.24) is 9.44 Å². The van der Waals surface area contributed by atoms with Crippen LogP contribution in [0, 0.1) is 0 Å². The minimum absolute atomic E-state index is 0.158. The highest BCUT2D eigenvalue weighted by Gasteiger charge is 2.04. The zero-order valence-corrected chi connectivity index (χ0v) is 8.50. The average Bonchev–Trinajstić information content (AvgIpc) is 2.17. The van der Waals surface area contributed by atoms with Gasteiger partial charge in [0.05, 0.1) is 0 Å². The molecule has 0 saturated heterocycles. The molecule has 14 heavy (non-hydrogen) atoms. The first-order valence-electron chi connectivity index (χ1n) is 3.99. The topological polar surface area (TPSA) is 78.4 Å². The van der Waals surface area contributed by atoms with Crippen molar-refractivity contribution in [2.24, 2.45) is 0 Å². The SMILES string of the molecule is CNS(=O)(=O)NCc1ccc(O)cc1. The largest absolute Gasteiger partial charge is 0.508 e. The minimum atomic E-state index is -3.39. The molecule has 1 rings (SSSR count). The van der Waals surface area contributed by atoms with E-state index in [-0.39, 0.29) is 12.3 Å². The molecule has 0 heterocycles. The molecule has 0 atom stereocenters. The van der Waals surface area contributed by atoms with Crippen LogP contribution in [0.3, 0.4) is 0 Å². The van der Waals surface area contributed by atoms with E-state index in [0.717, 1.165) is 5.56 Å². The Bertz CT molecular complexity index is 386. The molecule has 0 fully saturated rings. The third-order valence-corrected chi connectivity index (χ3v) is 2.73. The van der Waals surface area contributed by atoms with Crippen molar-refractivity contribution in [3.63, 3.8) is 0 Å². The van der Waals surface area contributed by atoms with Gasteiger partial charge in [-0.3, -0.25) is 0 Å². The maximum Gasteiger partial charge on any atom is 0.276 e. The summed E-state index contributed by atoms with van der Waals surface area (Å²) in [5, 5.41) is 8.98. The molecule has 1 aromatic rings. The maximum absolute atomic E-state index is 11.0. The van der Waals surface area contributed by atoms with Gasteiger partial charge in [0.25, 0.3) is 10.2 Å². The summed E-state index contributed by atoms with van der Waals surface area (Å²) >= 11 is 0. The highest BCUT2D eigenvalue weighted by Crippen LogP contribution is 2.09. The predicted octanol–water partition coefficient (Wildman–Crippen LogP) is -0.0540. The summed E-state index contributed by atoms with van der Waals surface area (Å²) in [6.45, 7) is 0.198. The summed E-state index contributed by atoms with van der Waals surface area (Å²) in [5.74, 6) is 0.158. The second-order valence-corrected chi connectivity index (χ2v) is 4.40. The Hall–Kier alpha value is -1.11. The Morgan fingerprint density at radius 1 is 1.29 bits per heavy atom. The molecule has 1 aromatic carbocycles. The number of hydrogen-bond donors (Lipinski definition) is 3. The minimum Gasteiger partial charge on any atom is -0.508 e. The van der Waals surface area contributed by atoms with Crippen molar-refractivity contribution in [2.45, 2.75) is 6.54 Å². The first-order valence-corrected chi connectivity index (χ1v) is 5.48. The van der Waals surface area contributed by atoms with E-state index in [4.69, 9.17) is 5.11 Å². The zero-order valence-electron chi connectivity index (χ0n) is 7.69. The fourth-order valence-electron chi connectivity index (χ4n) is 0.864. The third kappa shape index (κ3) is 3.33. The van der Waals surface area contributed by atoms with Crippen LogP contribution in [0.5, 0.6) is 5.75 Å². The molecule has 0 bridgehead atoms. The molecule has 0 unspecified atom stereocenters. The highest BCUT2D eigenvalue weighted by molar-refractivity contribution is 7.87. The van der Waals surface area contributed by atoms with Gasteiger partial charge in [0.1, 0.15) is 5.75 Å². The molecular formula is C8H12N2O3S. The Kier molecular flexibility index (Phi) is 3.45. The lowest BCUT2D eigenvalue weighted by molar-refractivity contribution is 0.475. The quantitative estimate of drug-likeness (QED) is 0.660. The van der Waals surface area contributed by atoms with E-state index in [1.165, 1.54) is 19.2 Å². The molecule has 0 aromatic heterocycles. The van der Waals surface area contributed by atoms with Gasteiger partial charge in [0.2, 0.25) is 0 Å². The van der Waals surface area contributed by atoms with Crippen LogP contribution in [0.4, 0.5) is 0 Å². The number of rotatable bonds is 4. The van der Waals surface area contributed by atoms with Crippen molar-refractivity contribution < 1.29 is 13.5 Å². The Labute approximate surface area is 83.0 Å². The van der Waals surface area contributed by atoms with Crippen LogP contribution in [0.25, 0.3) is 0 Å². The summed E-state index contributed by atoms with van der Waals surface area (Å²) in [4.78, 5) is 0. The van der Waals surface area contributed by atoms with Crippen LogP contribution in [0.1, 0.15) is 5.56 Å². The second-order valence-electron chi connectivity index (χ2n) is 2.70. The number of benzene rings is 1. The fourth-order valence-corrected chi connectivity index (χ4v) is 1.37. The molecule has 78 valence electrons. The first kappa shape index (κ1) is 11.0. The molecule has 0 saturated carbocycles. The van der Waals surface area contributed by atoms with Gasteiger partial charge in [-0.2, -0.15) is 13.1 Å².